The average Bonchev–Trinajstić information content (AvgIpc) is 2.39. The number of benzene rings is 1. The van der Waals surface area contributed by atoms with Crippen LogP contribution in [0.5, 0.6) is 0 Å². The third kappa shape index (κ3) is 5.12. The quantitative estimate of drug-likeness (QED) is 0.782. The minimum Gasteiger partial charge on any atom is -0.478 e. The first-order chi connectivity index (χ1) is 9.88. The molecule has 0 amide bonds. The molecule has 1 aromatic rings. The van der Waals surface area contributed by atoms with Crippen LogP contribution in [0.4, 0.5) is 4.39 Å². The lowest BCUT2D eigenvalue weighted by Crippen LogP contribution is -2.37. The Morgan fingerprint density at radius 1 is 1.29 bits per heavy atom. The van der Waals surface area contributed by atoms with Gasteiger partial charge in [0.05, 0.1) is 5.56 Å². The summed E-state index contributed by atoms with van der Waals surface area (Å²) in [5, 5.41) is 9.26. The second-order valence-corrected chi connectivity index (χ2v) is 5.90. The minimum atomic E-state index is -1.00. The standard InChI is InChI=1S/C17H26FNO2/c1-5-15(6-2)19(10-12(3)4)11-13-9-14(18)7-8-16(13)17(20)21/h7-9,12,15H,5-6,10-11H2,1-4H3,(H,20,21). The molecule has 21 heavy (non-hydrogen) atoms. The van der Waals surface area contributed by atoms with Gasteiger partial charge < -0.3 is 5.11 Å². The Labute approximate surface area is 126 Å². The predicted molar refractivity (Wildman–Crippen MR) is 83.0 cm³/mol. The molecule has 0 bridgehead atoms. The summed E-state index contributed by atoms with van der Waals surface area (Å²) in [5.41, 5.74) is 0.742. The zero-order valence-electron chi connectivity index (χ0n) is 13.4. The minimum absolute atomic E-state index is 0.191. The van der Waals surface area contributed by atoms with Crippen molar-refractivity contribution in [3.05, 3.63) is 35.1 Å². The summed E-state index contributed by atoms with van der Waals surface area (Å²) < 4.78 is 13.5. The molecule has 0 spiro atoms. The van der Waals surface area contributed by atoms with Gasteiger partial charge in [0.25, 0.3) is 0 Å². The van der Waals surface area contributed by atoms with Crippen LogP contribution in [-0.4, -0.2) is 28.6 Å². The molecule has 0 radical (unpaired) electrons. The van der Waals surface area contributed by atoms with Gasteiger partial charge >= 0.3 is 5.97 Å². The molecule has 0 heterocycles. The molecule has 0 aliphatic carbocycles. The van der Waals surface area contributed by atoms with Gasteiger partial charge in [0, 0.05) is 19.1 Å². The van der Waals surface area contributed by atoms with E-state index >= 15 is 0 Å². The summed E-state index contributed by atoms with van der Waals surface area (Å²) in [6.45, 7) is 9.89. The van der Waals surface area contributed by atoms with Gasteiger partial charge in [-0.1, -0.05) is 27.7 Å². The molecule has 4 heteroatoms. The molecule has 0 fully saturated rings. The normalized spacial score (nSPS) is 11.6. The van der Waals surface area contributed by atoms with Gasteiger partial charge in [0.15, 0.2) is 0 Å². The molecule has 0 saturated carbocycles. The van der Waals surface area contributed by atoms with Crippen LogP contribution in [-0.2, 0) is 6.54 Å². The average molecular weight is 295 g/mol. The largest absolute Gasteiger partial charge is 0.478 e. The van der Waals surface area contributed by atoms with Crippen molar-refractivity contribution in [1.29, 1.82) is 0 Å². The van der Waals surface area contributed by atoms with Gasteiger partial charge in [-0.25, -0.2) is 9.18 Å². The fourth-order valence-electron chi connectivity index (χ4n) is 2.74. The van der Waals surface area contributed by atoms with E-state index in [0.717, 1.165) is 19.4 Å². The van der Waals surface area contributed by atoms with Crippen LogP contribution in [0.1, 0.15) is 56.5 Å². The Morgan fingerprint density at radius 3 is 2.38 bits per heavy atom. The lowest BCUT2D eigenvalue weighted by Gasteiger charge is -2.32. The molecule has 0 saturated heterocycles. The van der Waals surface area contributed by atoms with E-state index in [9.17, 15) is 14.3 Å². The smallest absolute Gasteiger partial charge is 0.336 e. The molecule has 1 aromatic carbocycles. The SMILES string of the molecule is CCC(CC)N(Cc1cc(F)ccc1C(=O)O)CC(C)C. The second-order valence-electron chi connectivity index (χ2n) is 5.90. The molecular weight excluding hydrogens is 269 g/mol. The van der Waals surface area contributed by atoms with Crippen molar-refractivity contribution in [3.63, 3.8) is 0 Å². The van der Waals surface area contributed by atoms with E-state index in [0.29, 0.717) is 24.1 Å². The molecule has 0 aliphatic rings. The summed E-state index contributed by atoms with van der Waals surface area (Å²) in [6, 6.07) is 4.29. The molecular formula is C17H26FNO2. The number of carboxylic acids is 1. The third-order valence-electron chi connectivity index (χ3n) is 3.73. The van der Waals surface area contributed by atoms with Crippen LogP contribution in [0.25, 0.3) is 0 Å². The summed E-state index contributed by atoms with van der Waals surface area (Å²) >= 11 is 0. The molecule has 0 atom stereocenters. The van der Waals surface area contributed by atoms with Crippen LogP contribution in [0.3, 0.4) is 0 Å². The molecule has 0 unspecified atom stereocenters. The highest BCUT2D eigenvalue weighted by Gasteiger charge is 2.20. The van der Waals surface area contributed by atoms with Crippen LogP contribution >= 0.6 is 0 Å². The topological polar surface area (TPSA) is 40.5 Å². The number of nitrogens with zero attached hydrogens (tertiary/aromatic N) is 1. The zero-order valence-corrected chi connectivity index (χ0v) is 13.4. The van der Waals surface area contributed by atoms with Crippen LogP contribution in [0.2, 0.25) is 0 Å². The van der Waals surface area contributed by atoms with E-state index in [-0.39, 0.29) is 11.4 Å². The molecule has 1 rings (SSSR count). The number of aromatic carboxylic acids is 1. The predicted octanol–water partition coefficient (Wildman–Crippen LogP) is 4.17. The third-order valence-corrected chi connectivity index (χ3v) is 3.73. The van der Waals surface area contributed by atoms with E-state index in [1.54, 1.807) is 0 Å². The number of hydrogen-bond donors (Lipinski definition) is 1. The van der Waals surface area contributed by atoms with E-state index in [4.69, 9.17) is 0 Å². The van der Waals surface area contributed by atoms with Crippen LogP contribution < -0.4 is 0 Å². The van der Waals surface area contributed by atoms with Crippen molar-refractivity contribution in [2.75, 3.05) is 6.54 Å². The number of carboxylic acid groups (broad SMARTS) is 1. The maximum atomic E-state index is 13.5. The Kier molecular flexibility index (Phi) is 6.82. The molecule has 118 valence electrons. The van der Waals surface area contributed by atoms with Crippen molar-refractivity contribution in [2.24, 2.45) is 5.92 Å². The summed E-state index contributed by atoms with van der Waals surface area (Å²) in [7, 11) is 0. The number of halogens is 1. The van der Waals surface area contributed by atoms with Gasteiger partial charge in [-0.3, -0.25) is 4.90 Å². The lowest BCUT2D eigenvalue weighted by molar-refractivity contribution is 0.0693. The molecule has 0 aliphatic heterocycles. The first-order valence-electron chi connectivity index (χ1n) is 7.64. The molecule has 0 aromatic heterocycles. The van der Waals surface area contributed by atoms with Crippen molar-refractivity contribution in [3.8, 4) is 0 Å². The van der Waals surface area contributed by atoms with Gasteiger partial charge in [-0.15, -0.1) is 0 Å². The second kappa shape index (κ2) is 8.13. The van der Waals surface area contributed by atoms with Gasteiger partial charge in [0.2, 0.25) is 0 Å². The van der Waals surface area contributed by atoms with Gasteiger partial charge in [-0.2, -0.15) is 0 Å². The maximum Gasteiger partial charge on any atom is 0.336 e. The van der Waals surface area contributed by atoms with E-state index in [1.165, 1.54) is 18.2 Å². The maximum absolute atomic E-state index is 13.5. The highest BCUT2D eigenvalue weighted by atomic mass is 19.1. The Bertz CT molecular complexity index is 470. The molecule has 3 nitrogen and oxygen atoms in total. The fraction of sp³-hybridized carbons (Fsp3) is 0.588. The van der Waals surface area contributed by atoms with E-state index in [2.05, 4.69) is 32.6 Å². The first kappa shape index (κ1) is 17.6. The van der Waals surface area contributed by atoms with Gasteiger partial charge in [-0.05, 0) is 42.5 Å². The Balaban J connectivity index is 3.07. The fourth-order valence-corrected chi connectivity index (χ4v) is 2.74. The highest BCUT2D eigenvalue weighted by Crippen LogP contribution is 2.19. The van der Waals surface area contributed by atoms with Gasteiger partial charge in [0.1, 0.15) is 5.82 Å². The van der Waals surface area contributed by atoms with Crippen LogP contribution in [0, 0.1) is 11.7 Å². The monoisotopic (exact) mass is 295 g/mol. The Hall–Kier alpha value is -1.42. The lowest BCUT2D eigenvalue weighted by atomic mass is 10.0. The number of carbonyl (C=O) groups is 1. The molecule has 1 N–H and O–H groups in total. The Morgan fingerprint density at radius 2 is 1.90 bits per heavy atom. The van der Waals surface area contributed by atoms with E-state index < -0.39 is 5.97 Å². The zero-order chi connectivity index (χ0) is 16.0. The first-order valence-corrected chi connectivity index (χ1v) is 7.64. The van der Waals surface area contributed by atoms with Crippen molar-refractivity contribution in [1.82, 2.24) is 4.90 Å². The summed E-state index contributed by atoms with van der Waals surface area (Å²) in [5.74, 6) is -0.907. The van der Waals surface area contributed by atoms with Crippen molar-refractivity contribution >= 4 is 5.97 Å². The number of hydrogen-bond acceptors (Lipinski definition) is 2. The summed E-state index contributed by atoms with van der Waals surface area (Å²) in [6.07, 6.45) is 2.00. The van der Waals surface area contributed by atoms with Crippen molar-refractivity contribution in [2.45, 2.75) is 53.1 Å². The number of rotatable bonds is 8. The highest BCUT2D eigenvalue weighted by molar-refractivity contribution is 5.89. The summed E-state index contributed by atoms with van der Waals surface area (Å²) in [4.78, 5) is 13.6. The van der Waals surface area contributed by atoms with Crippen LogP contribution in [0.15, 0.2) is 18.2 Å². The van der Waals surface area contributed by atoms with Crippen molar-refractivity contribution < 1.29 is 14.3 Å². The van der Waals surface area contributed by atoms with E-state index in [1.807, 2.05) is 0 Å².